The van der Waals surface area contributed by atoms with Crippen molar-refractivity contribution in [3.63, 3.8) is 0 Å². The highest BCUT2D eigenvalue weighted by molar-refractivity contribution is 6.31. The Morgan fingerprint density at radius 3 is 2.56 bits per heavy atom. The third-order valence-electron chi connectivity index (χ3n) is 7.93. The van der Waals surface area contributed by atoms with Gasteiger partial charge in [0.2, 0.25) is 5.88 Å². The van der Waals surface area contributed by atoms with E-state index < -0.39 is 12.0 Å². The minimum atomic E-state index is -0.579. The van der Waals surface area contributed by atoms with E-state index in [4.69, 9.17) is 16.3 Å². The molecule has 2 bridgehead atoms. The zero-order valence-electron chi connectivity index (χ0n) is 18.1. The maximum Gasteiger partial charge on any atom is 0.238 e. The molecule has 164 valence electrons. The Hall–Kier alpha value is -2.50. The molecule has 0 saturated heterocycles. The van der Waals surface area contributed by atoms with Crippen LogP contribution in [0.15, 0.2) is 36.5 Å². The number of carbonyl (C=O) groups excluding carboxylic acids is 1. The van der Waals surface area contributed by atoms with Crippen LogP contribution in [-0.4, -0.2) is 27.0 Å². The molecule has 6 rings (SSSR count). The van der Waals surface area contributed by atoms with Gasteiger partial charge in [-0.15, -0.1) is 0 Å². The molecule has 3 aliphatic carbocycles. The van der Waals surface area contributed by atoms with Gasteiger partial charge in [0.1, 0.15) is 11.5 Å². The molecule has 0 amide bonds. The van der Waals surface area contributed by atoms with Crippen LogP contribution < -0.4 is 4.74 Å². The molecule has 0 spiro atoms. The van der Waals surface area contributed by atoms with Gasteiger partial charge < -0.3 is 9.84 Å². The first-order chi connectivity index (χ1) is 15.4. The molecule has 3 aromatic rings. The van der Waals surface area contributed by atoms with Crippen molar-refractivity contribution in [3.8, 4) is 11.6 Å². The van der Waals surface area contributed by atoms with Gasteiger partial charge in [0, 0.05) is 10.9 Å². The second kappa shape index (κ2) is 7.26. The number of aryl methyl sites for hydroxylation is 2. The van der Waals surface area contributed by atoms with Crippen LogP contribution >= 0.6 is 11.6 Å². The van der Waals surface area contributed by atoms with Crippen LogP contribution in [-0.2, 0) is 4.79 Å². The zero-order valence-corrected chi connectivity index (χ0v) is 18.8. The standard InChI is InChI=1S/C26H25ClN2O3/c1-12-7-17(32-20-11-28-19-10-16(27)5-6-18(19)29-20)8-13(2)21(12)24-25(30)22-14-3-4-15(9-14)23(22)26(24)31/h5-8,10-11,14-15,22-25,30H,3-4,9H2,1-2H3. The maximum absolute atomic E-state index is 13.4. The summed E-state index contributed by atoms with van der Waals surface area (Å²) < 4.78 is 6.01. The number of nitrogens with zero attached hydrogens (tertiary/aromatic N) is 2. The molecule has 1 aromatic heterocycles. The molecule has 6 unspecified atom stereocenters. The third-order valence-corrected chi connectivity index (χ3v) is 8.17. The van der Waals surface area contributed by atoms with Crippen molar-refractivity contribution in [2.75, 3.05) is 0 Å². The molecule has 2 aromatic carbocycles. The van der Waals surface area contributed by atoms with E-state index >= 15 is 0 Å². The number of aromatic nitrogens is 2. The summed E-state index contributed by atoms with van der Waals surface area (Å²) in [6, 6.07) is 9.21. The number of benzene rings is 2. The number of ether oxygens (including phenoxy) is 1. The predicted octanol–water partition coefficient (Wildman–Crippen LogP) is 5.38. The SMILES string of the molecule is Cc1cc(Oc2cnc3cc(Cl)ccc3n2)cc(C)c1C1C(=O)C2C3CCC(C3)C2C1O. The average Bonchev–Trinajstić information content (AvgIpc) is 3.43. The summed E-state index contributed by atoms with van der Waals surface area (Å²) >= 11 is 6.02. The van der Waals surface area contributed by atoms with Crippen LogP contribution in [0, 0.1) is 37.5 Å². The second-order valence-electron chi connectivity index (χ2n) is 9.72. The van der Waals surface area contributed by atoms with Crippen LogP contribution in [0.2, 0.25) is 5.02 Å². The Bertz CT molecular complexity index is 1240. The van der Waals surface area contributed by atoms with Crippen molar-refractivity contribution in [3.05, 3.63) is 58.2 Å². The molecule has 5 nitrogen and oxygen atoms in total. The van der Waals surface area contributed by atoms with Gasteiger partial charge in [-0.1, -0.05) is 11.6 Å². The number of carbonyl (C=O) groups is 1. The summed E-state index contributed by atoms with van der Waals surface area (Å²) in [6.07, 6.45) is 4.42. The first kappa shape index (κ1) is 20.1. The zero-order chi connectivity index (χ0) is 22.1. The van der Waals surface area contributed by atoms with E-state index in [2.05, 4.69) is 9.97 Å². The van der Waals surface area contributed by atoms with Crippen molar-refractivity contribution >= 4 is 28.4 Å². The van der Waals surface area contributed by atoms with Gasteiger partial charge in [-0.3, -0.25) is 4.79 Å². The van der Waals surface area contributed by atoms with E-state index in [0.717, 1.165) is 36.0 Å². The fourth-order valence-electron chi connectivity index (χ4n) is 6.78. The fraction of sp³-hybridized carbons (Fsp3) is 0.423. The lowest BCUT2D eigenvalue weighted by Crippen LogP contribution is -2.27. The molecule has 32 heavy (non-hydrogen) atoms. The average molecular weight is 449 g/mol. The van der Waals surface area contributed by atoms with E-state index in [9.17, 15) is 9.90 Å². The van der Waals surface area contributed by atoms with Crippen molar-refractivity contribution in [2.24, 2.45) is 23.7 Å². The van der Waals surface area contributed by atoms with Crippen molar-refractivity contribution < 1.29 is 14.6 Å². The molecule has 1 heterocycles. The van der Waals surface area contributed by atoms with Gasteiger partial charge in [-0.2, -0.15) is 0 Å². The first-order valence-electron chi connectivity index (χ1n) is 11.3. The molecule has 6 heteroatoms. The minimum absolute atomic E-state index is 0.0462. The molecule has 3 fully saturated rings. The number of aliphatic hydroxyl groups excluding tert-OH is 1. The van der Waals surface area contributed by atoms with E-state index in [0.29, 0.717) is 39.5 Å². The number of aliphatic hydroxyl groups is 1. The van der Waals surface area contributed by atoms with Gasteiger partial charge in [0.25, 0.3) is 0 Å². The Labute approximate surface area is 191 Å². The predicted molar refractivity (Wildman–Crippen MR) is 122 cm³/mol. The molecular formula is C26H25ClN2O3. The molecule has 3 aliphatic rings. The summed E-state index contributed by atoms with van der Waals surface area (Å²) in [6.45, 7) is 3.98. The van der Waals surface area contributed by atoms with Crippen molar-refractivity contribution in [2.45, 2.75) is 45.1 Å². The van der Waals surface area contributed by atoms with Crippen molar-refractivity contribution in [1.29, 1.82) is 0 Å². The summed E-state index contributed by atoms with van der Waals surface area (Å²) in [5.74, 6) is 2.04. The van der Waals surface area contributed by atoms with E-state index in [-0.39, 0.29) is 17.6 Å². The smallest absolute Gasteiger partial charge is 0.238 e. The van der Waals surface area contributed by atoms with Gasteiger partial charge in [-0.05, 0) is 97.9 Å². The lowest BCUT2D eigenvalue weighted by Gasteiger charge is -2.26. The van der Waals surface area contributed by atoms with Crippen molar-refractivity contribution in [1.82, 2.24) is 9.97 Å². The summed E-state index contributed by atoms with van der Waals surface area (Å²) in [5.41, 5.74) is 4.30. The van der Waals surface area contributed by atoms with Gasteiger partial charge in [0.05, 0.1) is 29.3 Å². The van der Waals surface area contributed by atoms with Gasteiger partial charge in [-0.25, -0.2) is 9.97 Å². The fourth-order valence-corrected chi connectivity index (χ4v) is 6.95. The lowest BCUT2D eigenvalue weighted by atomic mass is 9.81. The third kappa shape index (κ3) is 2.98. The highest BCUT2D eigenvalue weighted by atomic mass is 35.5. The second-order valence-corrected chi connectivity index (χ2v) is 10.2. The molecule has 6 atom stereocenters. The Balaban J connectivity index is 1.31. The highest BCUT2D eigenvalue weighted by Gasteiger charge is 2.61. The van der Waals surface area contributed by atoms with Crippen LogP contribution in [0.25, 0.3) is 11.0 Å². The lowest BCUT2D eigenvalue weighted by molar-refractivity contribution is -0.123. The number of halogens is 1. The number of rotatable bonds is 3. The molecule has 0 aliphatic heterocycles. The Morgan fingerprint density at radius 2 is 1.81 bits per heavy atom. The molecule has 1 N–H and O–H groups in total. The van der Waals surface area contributed by atoms with Crippen LogP contribution in [0.1, 0.15) is 41.9 Å². The molecule has 0 radical (unpaired) electrons. The van der Waals surface area contributed by atoms with Crippen LogP contribution in [0.4, 0.5) is 0 Å². The number of fused-ring (bicyclic) bond motifs is 6. The summed E-state index contributed by atoms with van der Waals surface area (Å²) in [7, 11) is 0. The summed E-state index contributed by atoms with van der Waals surface area (Å²) in [5, 5.41) is 11.8. The van der Waals surface area contributed by atoms with E-state index in [1.807, 2.05) is 32.0 Å². The topological polar surface area (TPSA) is 72.3 Å². The first-order valence-corrected chi connectivity index (χ1v) is 11.7. The number of hydrogen-bond acceptors (Lipinski definition) is 5. The van der Waals surface area contributed by atoms with Crippen LogP contribution in [0.5, 0.6) is 11.6 Å². The Morgan fingerprint density at radius 1 is 1.06 bits per heavy atom. The van der Waals surface area contributed by atoms with E-state index in [1.165, 1.54) is 0 Å². The van der Waals surface area contributed by atoms with E-state index in [1.54, 1.807) is 18.3 Å². The normalized spacial score (nSPS) is 30.8. The highest BCUT2D eigenvalue weighted by Crippen LogP contribution is 2.60. The Kier molecular flexibility index (Phi) is 4.57. The monoisotopic (exact) mass is 448 g/mol. The maximum atomic E-state index is 13.4. The number of hydrogen-bond donors (Lipinski definition) is 1. The minimum Gasteiger partial charge on any atom is -0.437 e. The molecular weight excluding hydrogens is 424 g/mol. The quantitative estimate of drug-likeness (QED) is 0.582. The summed E-state index contributed by atoms with van der Waals surface area (Å²) in [4.78, 5) is 22.3. The van der Waals surface area contributed by atoms with Gasteiger partial charge in [0.15, 0.2) is 0 Å². The van der Waals surface area contributed by atoms with Gasteiger partial charge >= 0.3 is 0 Å². The number of Topliss-reactive ketones (excluding diaryl/α,β-unsaturated/α-hetero) is 1. The molecule has 3 saturated carbocycles. The van der Waals surface area contributed by atoms with Crippen LogP contribution in [0.3, 0.4) is 0 Å². The number of ketones is 1. The largest absolute Gasteiger partial charge is 0.437 e.